The largest absolute Gasteiger partial charge is 0.371 e. The fourth-order valence-corrected chi connectivity index (χ4v) is 3.98. The van der Waals surface area contributed by atoms with Gasteiger partial charge in [-0.1, -0.05) is 35.6 Å². The summed E-state index contributed by atoms with van der Waals surface area (Å²) in [6.45, 7) is 0.686. The number of hydrogen-bond donors (Lipinski definition) is 1. The van der Waals surface area contributed by atoms with Crippen molar-refractivity contribution in [1.82, 2.24) is 4.98 Å². The van der Waals surface area contributed by atoms with Crippen molar-refractivity contribution in [3.05, 3.63) is 89.8 Å². The number of fused-ring (bicyclic) bond motifs is 1. The standard InChI is InChI=1S/C23H20FN3OS/c1-27(15-16-5-4-6-18(24)12-9-16)19-13-10-17(11-14-19)22(28)26-23-25-20-7-2-3-8-21(20)29-23/h2-4,6-14H,5,15H2,1H3,(H,25,26,28). The lowest BCUT2D eigenvalue weighted by atomic mass is 10.1. The number of carbonyl (C=O) groups is 1. The Bertz CT molecular complexity index is 1100. The van der Waals surface area contributed by atoms with Gasteiger partial charge in [-0.2, -0.15) is 0 Å². The molecule has 0 bridgehead atoms. The lowest BCUT2D eigenvalue weighted by Gasteiger charge is -2.21. The van der Waals surface area contributed by atoms with Crippen LogP contribution in [-0.4, -0.2) is 24.5 Å². The fraction of sp³-hybridized carbons (Fsp3) is 0.130. The Morgan fingerprint density at radius 2 is 1.97 bits per heavy atom. The number of halogens is 1. The van der Waals surface area contributed by atoms with Crippen molar-refractivity contribution in [2.24, 2.45) is 0 Å². The molecule has 0 fully saturated rings. The molecule has 3 aromatic rings. The van der Waals surface area contributed by atoms with Crippen LogP contribution in [0.3, 0.4) is 0 Å². The molecule has 0 spiro atoms. The average molecular weight is 405 g/mol. The summed E-state index contributed by atoms with van der Waals surface area (Å²) < 4.78 is 14.3. The van der Waals surface area contributed by atoms with Gasteiger partial charge in [-0.15, -0.1) is 0 Å². The maximum atomic E-state index is 13.3. The number of allylic oxidation sites excluding steroid dienone is 5. The van der Waals surface area contributed by atoms with Crippen molar-refractivity contribution < 1.29 is 9.18 Å². The minimum atomic E-state index is -0.230. The van der Waals surface area contributed by atoms with Gasteiger partial charge >= 0.3 is 0 Å². The first-order chi connectivity index (χ1) is 14.1. The molecule has 1 aliphatic rings. The number of hydrogen-bond acceptors (Lipinski definition) is 4. The number of carbonyl (C=O) groups excluding carboxylic acids is 1. The number of rotatable bonds is 5. The number of anilines is 2. The third-order valence-corrected chi connectivity index (χ3v) is 5.61. The summed E-state index contributed by atoms with van der Waals surface area (Å²) in [5.74, 6) is -0.415. The Kier molecular flexibility index (Phi) is 5.53. The van der Waals surface area contributed by atoms with Crippen LogP contribution in [0.1, 0.15) is 16.8 Å². The molecule has 0 saturated heterocycles. The van der Waals surface area contributed by atoms with Crippen LogP contribution in [0, 0.1) is 0 Å². The predicted molar refractivity (Wildman–Crippen MR) is 118 cm³/mol. The van der Waals surface area contributed by atoms with Crippen LogP contribution in [0.2, 0.25) is 0 Å². The van der Waals surface area contributed by atoms with E-state index in [1.165, 1.54) is 23.5 Å². The molecule has 1 aliphatic carbocycles. The van der Waals surface area contributed by atoms with E-state index in [1.807, 2.05) is 55.6 Å². The first-order valence-corrected chi connectivity index (χ1v) is 10.1. The van der Waals surface area contributed by atoms with Gasteiger partial charge in [0.15, 0.2) is 5.13 Å². The van der Waals surface area contributed by atoms with E-state index in [9.17, 15) is 9.18 Å². The lowest BCUT2D eigenvalue weighted by molar-refractivity contribution is 0.102. The van der Waals surface area contributed by atoms with E-state index in [-0.39, 0.29) is 11.7 Å². The number of likely N-dealkylation sites (N-methyl/N-ethyl adjacent to an activating group) is 1. The van der Waals surface area contributed by atoms with Gasteiger partial charge in [-0.3, -0.25) is 10.1 Å². The molecule has 0 radical (unpaired) electrons. The number of nitrogens with one attached hydrogen (secondary N) is 1. The molecule has 0 aliphatic heterocycles. The zero-order valence-corrected chi connectivity index (χ0v) is 16.7. The topological polar surface area (TPSA) is 45.2 Å². The van der Waals surface area contributed by atoms with Crippen LogP contribution in [0.15, 0.2) is 84.2 Å². The van der Waals surface area contributed by atoms with Crippen LogP contribution in [0.25, 0.3) is 10.2 Å². The SMILES string of the molecule is CN(CC1=CC=C(F)C=CC1)c1ccc(C(=O)Nc2nc3ccccc3s2)cc1. The number of para-hydroxylation sites is 1. The van der Waals surface area contributed by atoms with Crippen molar-refractivity contribution in [2.45, 2.75) is 6.42 Å². The summed E-state index contributed by atoms with van der Waals surface area (Å²) in [4.78, 5) is 19.1. The second kappa shape index (κ2) is 8.41. The molecular weight excluding hydrogens is 385 g/mol. The zero-order chi connectivity index (χ0) is 20.2. The van der Waals surface area contributed by atoms with Crippen molar-refractivity contribution >= 4 is 38.3 Å². The molecular formula is C23H20FN3OS. The Balaban J connectivity index is 1.41. The highest BCUT2D eigenvalue weighted by atomic mass is 32.1. The van der Waals surface area contributed by atoms with Gasteiger partial charge in [0, 0.05) is 24.8 Å². The smallest absolute Gasteiger partial charge is 0.257 e. The van der Waals surface area contributed by atoms with Gasteiger partial charge in [0.05, 0.1) is 10.2 Å². The maximum absolute atomic E-state index is 13.3. The lowest BCUT2D eigenvalue weighted by Crippen LogP contribution is -2.20. The third kappa shape index (κ3) is 4.60. The van der Waals surface area contributed by atoms with Crippen molar-refractivity contribution in [3.8, 4) is 0 Å². The number of thiazole rings is 1. The number of amides is 1. The summed E-state index contributed by atoms with van der Waals surface area (Å²) in [6.07, 6.45) is 7.35. The summed E-state index contributed by atoms with van der Waals surface area (Å²) in [5.41, 5.74) is 3.55. The number of aromatic nitrogens is 1. The summed E-state index contributed by atoms with van der Waals surface area (Å²) in [7, 11) is 1.98. The number of nitrogens with zero attached hydrogens (tertiary/aromatic N) is 2. The highest BCUT2D eigenvalue weighted by molar-refractivity contribution is 7.22. The Morgan fingerprint density at radius 3 is 2.76 bits per heavy atom. The molecule has 0 unspecified atom stereocenters. The molecule has 4 rings (SSSR count). The van der Waals surface area contributed by atoms with Gasteiger partial charge in [0.1, 0.15) is 5.83 Å². The van der Waals surface area contributed by atoms with E-state index < -0.39 is 0 Å². The van der Waals surface area contributed by atoms with E-state index >= 15 is 0 Å². The van der Waals surface area contributed by atoms with Crippen molar-refractivity contribution in [3.63, 3.8) is 0 Å². The van der Waals surface area contributed by atoms with Crippen molar-refractivity contribution in [2.75, 3.05) is 23.8 Å². The van der Waals surface area contributed by atoms with Gasteiger partial charge in [-0.05, 0) is 60.5 Å². The first-order valence-electron chi connectivity index (χ1n) is 9.28. The van der Waals surface area contributed by atoms with Crippen LogP contribution in [-0.2, 0) is 0 Å². The quantitative estimate of drug-likeness (QED) is 0.590. The molecule has 6 heteroatoms. The average Bonchev–Trinajstić information content (AvgIpc) is 3.02. The molecule has 4 nitrogen and oxygen atoms in total. The zero-order valence-electron chi connectivity index (χ0n) is 15.9. The van der Waals surface area contributed by atoms with E-state index in [2.05, 4.69) is 15.2 Å². The Hall–Kier alpha value is -3.25. The molecule has 1 amide bonds. The Morgan fingerprint density at radius 1 is 1.17 bits per heavy atom. The molecule has 146 valence electrons. The van der Waals surface area contributed by atoms with Gasteiger partial charge in [0.2, 0.25) is 0 Å². The van der Waals surface area contributed by atoms with Crippen LogP contribution in [0.4, 0.5) is 15.2 Å². The molecule has 1 N–H and O–H groups in total. The van der Waals surface area contributed by atoms with Gasteiger partial charge in [-0.25, -0.2) is 9.37 Å². The minimum absolute atomic E-state index is 0.185. The molecule has 1 aromatic heterocycles. The number of benzene rings is 2. The molecule has 29 heavy (non-hydrogen) atoms. The highest BCUT2D eigenvalue weighted by Crippen LogP contribution is 2.26. The third-order valence-electron chi connectivity index (χ3n) is 4.66. The van der Waals surface area contributed by atoms with E-state index in [0.29, 0.717) is 17.2 Å². The normalized spacial score (nSPS) is 13.6. The highest BCUT2D eigenvalue weighted by Gasteiger charge is 2.11. The van der Waals surface area contributed by atoms with Crippen LogP contribution in [0.5, 0.6) is 0 Å². The monoisotopic (exact) mass is 405 g/mol. The first kappa shape index (κ1) is 19.1. The van der Waals surface area contributed by atoms with E-state index in [0.717, 1.165) is 27.9 Å². The summed E-state index contributed by atoms with van der Waals surface area (Å²) in [6, 6.07) is 15.2. The molecule has 0 atom stereocenters. The van der Waals surface area contributed by atoms with E-state index in [4.69, 9.17) is 0 Å². The fourth-order valence-electron chi connectivity index (χ4n) is 3.12. The van der Waals surface area contributed by atoms with Gasteiger partial charge < -0.3 is 4.90 Å². The molecule has 1 heterocycles. The van der Waals surface area contributed by atoms with Crippen LogP contribution >= 0.6 is 11.3 Å². The second-order valence-electron chi connectivity index (χ2n) is 6.83. The summed E-state index contributed by atoms with van der Waals surface area (Å²) >= 11 is 1.46. The predicted octanol–water partition coefficient (Wildman–Crippen LogP) is 5.72. The van der Waals surface area contributed by atoms with Gasteiger partial charge in [0.25, 0.3) is 5.91 Å². The van der Waals surface area contributed by atoms with E-state index in [1.54, 1.807) is 12.1 Å². The molecule has 0 saturated carbocycles. The second-order valence-corrected chi connectivity index (χ2v) is 7.86. The van der Waals surface area contributed by atoms with Crippen molar-refractivity contribution in [1.29, 1.82) is 0 Å². The Labute approximate surface area is 172 Å². The minimum Gasteiger partial charge on any atom is -0.371 e. The molecule has 2 aromatic carbocycles. The van der Waals surface area contributed by atoms with Crippen LogP contribution < -0.4 is 10.2 Å². The summed E-state index contributed by atoms with van der Waals surface area (Å²) in [5, 5.41) is 3.46. The maximum Gasteiger partial charge on any atom is 0.257 e.